The third kappa shape index (κ3) is 6.38. The van der Waals surface area contributed by atoms with Gasteiger partial charge in [0.25, 0.3) is 0 Å². The standard InChI is InChI=1S/C18H26BrNO4S/c1-18(2,3)24-17(21)12-13-8-10-14(11-9-13)20-25(22,23)16-7-5-4-6-15(16)19/h4-7,13-14,20H,8-12H2,1-3H3. The van der Waals surface area contributed by atoms with Crippen LogP contribution < -0.4 is 4.72 Å². The van der Waals surface area contributed by atoms with E-state index in [0.29, 0.717) is 10.9 Å². The van der Waals surface area contributed by atoms with E-state index in [0.717, 1.165) is 25.7 Å². The number of halogens is 1. The van der Waals surface area contributed by atoms with Gasteiger partial charge in [-0.2, -0.15) is 0 Å². The zero-order valence-corrected chi connectivity index (χ0v) is 17.3. The number of carbonyl (C=O) groups is 1. The summed E-state index contributed by atoms with van der Waals surface area (Å²) in [7, 11) is -3.54. The van der Waals surface area contributed by atoms with E-state index in [9.17, 15) is 13.2 Å². The molecule has 0 amide bonds. The van der Waals surface area contributed by atoms with Crippen LogP contribution in [-0.4, -0.2) is 26.0 Å². The molecule has 5 nitrogen and oxygen atoms in total. The lowest BCUT2D eigenvalue weighted by molar-refractivity contribution is -0.156. The maximum atomic E-state index is 12.5. The van der Waals surface area contributed by atoms with Crippen LogP contribution in [0.2, 0.25) is 0 Å². The minimum atomic E-state index is -3.54. The van der Waals surface area contributed by atoms with Gasteiger partial charge in [0.15, 0.2) is 0 Å². The molecule has 1 N–H and O–H groups in total. The topological polar surface area (TPSA) is 72.5 Å². The Morgan fingerprint density at radius 1 is 1.20 bits per heavy atom. The molecule has 0 atom stereocenters. The Kier molecular flexibility index (Phi) is 6.68. The monoisotopic (exact) mass is 431 g/mol. The molecule has 0 radical (unpaired) electrons. The fraction of sp³-hybridized carbons (Fsp3) is 0.611. The molecular weight excluding hydrogens is 406 g/mol. The van der Waals surface area contributed by atoms with Crippen molar-refractivity contribution in [2.75, 3.05) is 0 Å². The summed E-state index contributed by atoms with van der Waals surface area (Å²) in [6.45, 7) is 5.58. The first-order valence-corrected chi connectivity index (χ1v) is 10.8. The van der Waals surface area contributed by atoms with Crippen LogP contribution >= 0.6 is 15.9 Å². The van der Waals surface area contributed by atoms with Gasteiger partial charge >= 0.3 is 5.97 Å². The molecule has 25 heavy (non-hydrogen) atoms. The molecule has 1 saturated carbocycles. The molecule has 0 spiro atoms. The Morgan fingerprint density at radius 2 is 1.80 bits per heavy atom. The lowest BCUT2D eigenvalue weighted by Gasteiger charge is -2.29. The summed E-state index contributed by atoms with van der Waals surface area (Å²) in [6, 6.07) is 6.70. The van der Waals surface area contributed by atoms with Gasteiger partial charge < -0.3 is 4.74 Å². The quantitative estimate of drug-likeness (QED) is 0.714. The third-order valence-electron chi connectivity index (χ3n) is 4.17. The van der Waals surface area contributed by atoms with E-state index in [1.807, 2.05) is 20.8 Å². The van der Waals surface area contributed by atoms with Crippen LogP contribution in [0.4, 0.5) is 0 Å². The minimum absolute atomic E-state index is 0.0907. The van der Waals surface area contributed by atoms with Crippen LogP contribution in [0.15, 0.2) is 33.6 Å². The van der Waals surface area contributed by atoms with Crippen molar-refractivity contribution in [3.63, 3.8) is 0 Å². The SMILES string of the molecule is CC(C)(C)OC(=O)CC1CCC(NS(=O)(=O)c2ccccc2Br)CC1. The van der Waals surface area contributed by atoms with Crippen LogP contribution in [0, 0.1) is 5.92 Å². The molecule has 0 unspecified atom stereocenters. The molecule has 0 heterocycles. The molecule has 0 saturated heterocycles. The van der Waals surface area contributed by atoms with E-state index in [-0.39, 0.29) is 22.8 Å². The predicted octanol–water partition coefficient (Wildman–Crippen LogP) is 4.02. The van der Waals surface area contributed by atoms with Gasteiger partial charge in [-0.05, 0) is 80.4 Å². The maximum Gasteiger partial charge on any atom is 0.306 e. The van der Waals surface area contributed by atoms with Crippen molar-refractivity contribution >= 4 is 31.9 Å². The van der Waals surface area contributed by atoms with Crippen molar-refractivity contribution in [1.29, 1.82) is 0 Å². The average Bonchev–Trinajstić information content (AvgIpc) is 2.47. The first kappa shape index (κ1) is 20.4. The summed E-state index contributed by atoms with van der Waals surface area (Å²) in [5.41, 5.74) is -0.465. The van der Waals surface area contributed by atoms with E-state index in [1.54, 1.807) is 24.3 Å². The van der Waals surface area contributed by atoms with E-state index in [2.05, 4.69) is 20.7 Å². The second-order valence-corrected chi connectivity index (χ2v) is 10.1. The predicted molar refractivity (Wildman–Crippen MR) is 101 cm³/mol. The van der Waals surface area contributed by atoms with Crippen LogP contribution in [0.5, 0.6) is 0 Å². The van der Waals surface area contributed by atoms with Gasteiger partial charge in [0.05, 0.1) is 4.90 Å². The van der Waals surface area contributed by atoms with Gasteiger partial charge in [-0.1, -0.05) is 12.1 Å². The molecule has 1 fully saturated rings. The molecule has 1 aromatic rings. The molecular formula is C18H26BrNO4S. The van der Waals surface area contributed by atoms with Crippen molar-refractivity contribution in [3.8, 4) is 0 Å². The van der Waals surface area contributed by atoms with Gasteiger partial charge in [-0.3, -0.25) is 4.79 Å². The van der Waals surface area contributed by atoms with Gasteiger partial charge in [-0.15, -0.1) is 0 Å². The van der Waals surface area contributed by atoms with Gasteiger partial charge in [-0.25, -0.2) is 13.1 Å². The summed E-state index contributed by atoms with van der Waals surface area (Å²) >= 11 is 3.29. The molecule has 2 rings (SSSR count). The highest BCUT2D eigenvalue weighted by Gasteiger charge is 2.28. The molecule has 7 heteroatoms. The molecule has 1 aliphatic rings. The molecule has 0 aromatic heterocycles. The summed E-state index contributed by atoms with van der Waals surface area (Å²) in [5, 5.41) is 0. The molecule has 0 aliphatic heterocycles. The van der Waals surface area contributed by atoms with Crippen molar-refractivity contribution in [2.24, 2.45) is 5.92 Å². The average molecular weight is 432 g/mol. The van der Waals surface area contributed by atoms with Gasteiger partial charge in [0, 0.05) is 16.9 Å². The fourth-order valence-electron chi connectivity index (χ4n) is 3.05. The second kappa shape index (κ2) is 8.18. The van der Waals surface area contributed by atoms with Crippen LogP contribution in [0.1, 0.15) is 52.9 Å². The smallest absolute Gasteiger partial charge is 0.306 e. The van der Waals surface area contributed by atoms with Crippen molar-refractivity contribution in [1.82, 2.24) is 4.72 Å². The Hall–Kier alpha value is -0.920. The van der Waals surface area contributed by atoms with E-state index < -0.39 is 15.6 Å². The lowest BCUT2D eigenvalue weighted by Crippen LogP contribution is -2.38. The molecule has 1 aliphatic carbocycles. The number of esters is 1. The van der Waals surface area contributed by atoms with E-state index in [4.69, 9.17) is 4.74 Å². The van der Waals surface area contributed by atoms with Crippen LogP contribution in [0.3, 0.4) is 0 Å². The summed E-state index contributed by atoms with van der Waals surface area (Å²) < 4.78 is 33.8. The zero-order valence-electron chi connectivity index (χ0n) is 14.9. The Labute approximate surface area is 158 Å². The molecule has 140 valence electrons. The van der Waals surface area contributed by atoms with E-state index in [1.165, 1.54) is 0 Å². The van der Waals surface area contributed by atoms with Gasteiger partial charge in [0.2, 0.25) is 10.0 Å². The zero-order chi connectivity index (χ0) is 18.7. The van der Waals surface area contributed by atoms with Crippen molar-refractivity contribution in [3.05, 3.63) is 28.7 Å². The summed E-state index contributed by atoms with van der Waals surface area (Å²) in [6.07, 6.45) is 3.51. The number of hydrogen-bond donors (Lipinski definition) is 1. The second-order valence-electron chi connectivity index (χ2n) is 7.56. The number of rotatable bonds is 5. The number of nitrogens with one attached hydrogen (secondary N) is 1. The number of hydrogen-bond acceptors (Lipinski definition) is 4. The molecule has 0 bridgehead atoms. The first-order valence-electron chi connectivity index (χ1n) is 8.55. The summed E-state index contributed by atoms with van der Waals surface area (Å²) in [5.74, 6) is 0.0869. The Bertz CT molecular complexity index is 704. The Balaban J connectivity index is 1.86. The third-order valence-corrected chi connectivity index (χ3v) is 6.70. The fourth-order valence-corrected chi connectivity index (χ4v) is 5.36. The largest absolute Gasteiger partial charge is 0.460 e. The molecule has 1 aromatic carbocycles. The number of carbonyl (C=O) groups excluding carboxylic acids is 1. The van der Waals surface area contributed by atoms with Crippen LogP contribution in [0.25, 0.3) is 0 Å². The summed E-state index contributed by atoms with van der Waals surface area (Å²) in [4.78, 5) is 12.2. The maximum absolute atomic E-state index is 12.5. The first-order chi connectivity index (χ1) is 11.6. The number of ether oxygens (including phenoxy) is 1. The lowest BCUT2D eigenvalue weighted by atomic mass is 9.84. The highest BCUT2D eigenvalue weighted by atomic mass is 79.9. The highest BCUT2D eigenvalue weighted by Crippen LogP contribution is 2.29. The highest BCUT2D eigenvalue weighted by molar-refractivity contribution is 9.10. The van der Waals surface area contributed by atoms with Crippen molar-refractivity contribution in [2.45, 2.75) is 69.4 Å². The van der Waals surface area contributed by atoms with Crippen molar-refractivity contribution < 1.29 is 17.9 Å². The Morgan fingerprint density at radius 3 is 2.36 bits per heavy atom. The van der Waals surface area contributed by atoms with Gasteiger partial charge in [0.1, 0.15) is 5.60 Å². The normalized spacial score (nSPS) is 21.8. The number of sulfonamides is 1. The van der Waals surface area contributed by atoms with Crippen LogP contribution in [-0.2, 0) is 19.6 Å². The van der Waals surface area contributed by atoms with E-state index >= 15 is 0 Å². The minimum Gasteiger partial charge on any atom is -0.460 e. The number of benzene rings is 1.